The topological polar surface area (TPSA) is 124 Å². The minimum absolute atomic E-state index is 0.0109. The minimum atomic E-state index is -3.34. The number of methoxy groups -OCH3 is 1. The first-order valence-electron chi connectivity index (χ1n) is 10.4. The number of aromatic nitrogens is 1. The maximum atomic E-state index is 13.1. The Labute approximate surface area is 203 Å². The van der Waals surface area contributed by atoms with Crippen molar-refractivity contribution in [2.75, 3.05) is 12.4 Å². The Balaban J connectivity index is 1.58. The van der Waals surface area contributed by atoms with Gasteiger partial charge in [0.25, 0.3) is 5.91 Å². The molecule has 0 spiro atoms. The number of nitrogens with zero attached hydrogens (tertiary/aromatic N) is 2. The molecule has 0 bridgehead atoms. The summed E-state index contributed by atoms with van der Waals surface area (Å²) < 4.78 is 30.1. The fourth-order valence-corrected chi connectivity index (χ4v) is 6.50. The molecule has 9 nitrogen and oxygen atoms in total. The molecule has 2 aliphatic rings. The lowest BCUT2D eigenvalue weighted by atomic mass is 10.1. The number of anilines is 1. The predicted molar refractivity (Wildman–Crippen MR) is 126 cm³/mol. The third-order valence-electron chi connectivity index (χ3n) is 5.41. The molecular weight excluding hydrogens is 534 g/mol. The van der Waals surface area contributed by atoms with Crippen LogP contribution in [0.4, 0.5) is 5.13 Å². The van der Waals surface area contributed by atoms with Crippen LogP contribution in [0.15, 0.2) is 38.1 Å². The summed E-state index contributed by atoms with van der Waals surface area (Å²) in [7, 11) is -2.10. The molecule has 2 saturated carbocycles. The lowest BCUT2D eigenvalue weighted by Gasteiger charge is -2.11. The van der Waals surface area contributed by atoms with E-state index in [1.165, 1.54) is 19.2 Å². The number of amides is 1. The number of oxime groups is 1. The SMILES string of the molecule is COC(=O)c1nc(NC(=O)C(=NOC2CCCC2)c2ccc(S(=O)(=O)C3CC3)cc2)sc1Br. The van der Waals surface area contributed by atoms with Crippen LogP contribution < -0.4 is 5.32 Å². The van der Waals surface area contributed by atoms with Crippen molar-refractivity contribution in [3.63, 3.8) is 0 Å². The molecule has 1 heterocycles. The van der Waals surface area contributed by atoms with Crippen molar-refractivity contribution in [2.45, 2.75) is 54.8 Å². The summed E-state index contributed by atoms with van der Waals surface area (Å²) in [6.07, 6.45) is 5.08. The predicted octanol–water partition coefficient (Wildman–Crippen LogP) is 3.93. The van der Waals surface area contributed by atoms with Gasteiger partial charge in [-0.3, -0.25) is 10.1 Å². The monoisotopic (exact) mass is 555 g/mol. The molecule has 0 radical (unpaired) electrons. The van der Waals surface area contributed by atoms with E-state index in [-0.39, 0.29) is 32.8 Å². The standard InChI is InChI=1S/C21H22BrN3O6S2/c1-30-20(27)17-18(22)32-21(23-17)24-19(26)16(25-31-13-4-2-3-5-13)12-6-8-14(9-7-12)33(28,29)15-10-11-15/h6-9,13,15H,2-5,10-11H2,1H3,(H,23,24,26). The number of carbonyl (C=O) groups excluding carboxylic acids is 2. The van der Waals surface area contributed by atoms with Crippen LogP contribution in [0.1, 0.15) is 54.6 Å². The van der Waals surface area contributed by atoms with E-state index in [2.05, 4.69) is 36.1 Å². The molecule has 1 aromatic carbocycles. The highest BCUT2D eigenvalue weighted by molar-refractivity contribution is 9.11. The number of sulfone groups is 1. The van der Waals surface area contributed by atoms with Gasteiger partial charge >= 0.3 is 5.97 Å². The molecule has 2 aliphatic carbocycles. The zero-order valence-corrected chi connectivity index (χ0v) is 21.0. The van der Waals surface area contributed by atoms with Gasteiger partial charge in [-0.25, -0.2) is 18.2 Å². The Morgan fingerprint density at radius 1 is 1.15 bits per heavy atom. The number of nitrogens with one attached hydrogen (secondary N) is 1. The normalized spacial score (nSPS) is 17.1. The molecule has 4 rings (SSSR count). The summed E-state index contributed by atoms with van der Waals surface area (Å²) >= 11 is 4.30. The number of thiazole rings is 1. The number of ether oxygens (including phenoxy) is 1. The molecule has 2 fully saturated rings. The van der Waals surface area contributed by atoms with E-state index >= 15 is 0 Å². The van der Waals surface area contributed by atoms with Crippen molar-refractivity contribution in [3.05, 3.63) is 39.3 Å². The number of esters is 1. The van der Waals surface area contributed by atoms with Gasteiger partial charge in [-0.05, 0) is 66.6 Å². The first-order valence-corrected chi connectivity index (χ1v) is 13.6. The molecule has 1 N–H and O–H groups in total. The largest absolute Gasteiger partial charge is 0.464 e. The van der Waals surface area contributed by atoms with Crippen LogP contribution in [-0.4, -0.2) is 49.5 Å². The Morgan fingerprint density at radius 3 is 2.42 bits per heavy atom. The van der Waals surface area contributed by atoms with Gasteiger partial charge in [0.2, 0.25) is 0 Å². The quantitative estimate of drug-likeness (QED) is 0.297. The van der Waals surface area contributed by atoms with Gasteiger partial charge < -0.3 is 9.57 Å². The van der Waals surface area contributed by atoms with Crippen molar-refractivity contribution in [1.29, 1.82) is 0 Å². The molecule has 0 unspecified atom stereocenters. The van der Waals surface area contributed by atoms with Crippen LogP contribution in [0.5, 0.6) is 0 Å². The Bertz CT molecular complexity index is 1180. The molecule has 176 valence electrons. The van der Waals surface area contributed by atoms with Gasteiger partial charge in [-0.1, -0.05) is 28.6 Å². The van der Waals surface area contributed by atoms with Crippen molar-refractivity contribution in [2.24, 2.45) is 5.16 Å². The van der Waals surface area contributed by atoms with Gasteiger partial charge in [0.05, 0.1) is 17.3 Å². The average molecular weight is 556 g/mol. The van der Waals surface area contributed by atoms with Crippen LogP contribution in [0.3, 0.4) is 0 Å². The van der Waals surface area contributed by atoms with Crippen molar-refractivity contribution < 1.29 is 27.6 Å². The third-order valence-corrected chi connectivity index (χ3v) is 9.31. The van der Waals surface area contributed by atoms with Crippen molar-refractivity contribution in [3.8, 4) is 0 Å². The Kier molecular flexibility index (Phi) is 7.15. The van der Waals surface area contributed by atoms with Gasteiger partial charge in [0.15, 0.2) is 26.4 Å². The molecule has 33 heavy (non-hydrogen) atoms. The fourth-order valence-electron chi connectivity index (χ4n) is 3.45. The molecule has 1 aromatic heterocycles. The van der Waals surface area contributed by atoms with Crippen molar-refractivity contribution in [1.82, 2.24) is 4.98 Å². The van der Waals surface area contributed by atoms with Gasteiger partial charge in [-0.15, -0.1) is 0 Å². The van der Waals surface area contributed by atoms with Crippen LogP contribution in [0.2, 0.25) is 0 Å². The van der Waals surface area contributed by atoms with Gasteiger partial charge in [0.1, 0.15) is 9.89 Å². The highest BCUT2D eigenvalue weighted by Gasteiger charge is 2.36. The van der Waals surface area contributed by atoms with E-state index in [9.17, 15) is 18.0 Å². The van der Waals surface area contributed by atoms with Crippen LogP contribution in [-0.2, 0) is 24.2 Å². The minimum Gasteiger partial charge on any atom is -0.464 e. The van der Waals surface area contributed by atoms with Crippen LogP contribution in [0.25, 0.3) is 0 Å². The number of hydrogen-bond donors (Lipinski definition) is 1. The summed E-state index contributed by atoms with van der Waals surface area (Å²) in [5, 5.41) is 6.60. The third kappa shape index (κ3) is 5.44. The highest BCUT2D eigenvalue weighted by Crippen LogP contribution is 2.33. The van der Waals surface area contributed by atoms with Crippen molar-refractivity contribution >= 4 is 59.8 Å². The zero-order chi connectivity index (χ0) is 23.6. The van der Waals surface area contributed by atoms with E-state index in [0.717, 1.165) is 37.0 Å². The number of carbonyl (C=O) groups is 2. The molecule has 12 heteroatoms. The first-order chi connectivity index (χ1) is 15.8. The molecule has 0 aliphatic heterocycles. The van der Waals surface area contributed by atoms with E-state index in [1.54, 1.807) is 12.1 Å². The number of halogens is 1. The maximum absolute atomic E-state index is 13.1. The first kappa shape index (κ1) is 23.8. The zero-order valence-electron chi connectivity index (χ0n) is 17.7. The smallest absolute Gasteiger partial charge is 0.358 e. The van der Waals surface area contributed by atoms with E-state index < -0.39 is 21.7 Å². The Hall–Kier alpha value is -2.31. The van der Waals surface area contributed by atoms with Gasteiger partial charge in [0, 0.05) is 5.56 Å². The second-order valence-electron chi connectivity index (χ2n) is 7.81. The average Bonchev–Trinajstić information content (AvgIpc) is 3.43. The van der Waals surface area contributed by atoms with E-state index in [1.807, 2.05) is 0 Å². The van der Waals surface area contributed by atoms with Crippen LogP contribution in [0, 0.1) is 0 Å². The fraction of sp³-hybridized carbons (Fsp3) is 0.429. The number of rotatable bonds is 8. The van der Waals surface area contributed by atoms with Crippen LogP contribution >= 0.6 is 27.3 Å². The van der Waals surface area contributed by atoms with E-state index in [0.29, 0.717) is 22.2 Å². The molecule has 0 atom stereocenters. The van der Waals surface area contributed by atoms with E-state index in [4.69, 9.17) is 4.84 Å². The summed E-state index contributed by atoms with van der Waals surface area (Å²) in [6.45, 7) is 0. The lowest BCUT2D eigenvalue weighted by molar-refractivity contribution is -0.110. The Morgan fingerprint density at radius 2 is 1.82 bits per heavy atom. The summed E-state index contributed by atoms with van der Waals surface area (Å²) in [6, 6.07) is 6.06. The van der Waals surface area contributed by atoms with Gasteiger partial charge in [-0.2, -0.15) is 0 Å². The summed E-state index contributed by atoms with van der Waals surface area (Å²) in [4.78, 5) is 34.8. The summed E-state index contributed by atoms with van der Waals surface area (Å²) in [5.41, 5.74) is 0.445. The molecular formula is C21H22BrN3O6S2. The molecule has 0 saturated heterocycles. The number of benzene rings is 1. The maximum Gasteiger partial charge on any atom is 0.358 e. The molecule has 2 aromatic rings. The number of hydrogen-bond acceptors (Lipinski definition) is 9. The molecule has 1 amide bonds. The summed E-state index contributed by atoms with van der Waals surface area (Å²) in [5.74, 6) is -1.23. The highest BCUT2D eigenvalue weighted by atomic mass is 79.9. The second kappa shape index (κ2) is 9.90. The second-order valence-corrected chi connectivity index (χ2v) is 12.4. The lowest BCUT2D eigenvalue weighted by Crippen LogP contribution is -2.25.